The zero-order chi connectivity index (χ0) is 22.5. The molecule has 0 bridgehead atoms. The van der Waals surface area contributed by atoms with Crippen LogP contribution in [-0.2, 0) is 14.3 Å². The number of carbonyl (C=O) groups is 2. The van der Waals surface area contributed by atoms with E-state index in [-0.39, 0.29) is 24.7 Å². The van der Waals surface area contributed by atoms with Gasteiger partial charge in [0.25, 0.3) is 0 Å². The van der Waals surface area contributed by atoms with Crippen LogP contribution in [0.3, 0.4) is 0 Å². The van der Waals surface area contributed by atoms with Crippen molar-refractivity contribution in [2.75, 3.05) is 7.11 Å². The average Bonchev–Trinajstić information content (AvgIpc) is 3.07. The van der Waals surface area contributed by atoms with E-state index in [1.165, 1.54) is 19.2 Å². The molecule has 0 radical (unpaired) electrons. The monoisotopic (exact) mass is 423 g/mol. The number of Topliss-reactive ketones (excluding diaryl/α,β-unsaturated/α-hetero) is 1. The lowest BCUT2D eigenvalue weighted by molar-refractivity contribution is -0.143. The maximum Gasteiger partial charge on any atom is 0.313 e. The van der Waals surface area contributed by atoms with Crippen LogP contribution in [0.4, 0.5) is 4.39 Å². The molecular formula is C25H26FNO4. The molecule has 0 aliphatic carbocycles. The third-order valence-electron chi connectivity index (χ3n) is 5.08. The van der Waals surface area contributed by atoms with E-state index in [1.807, 2.05) is 24.3 Å². The molecule has 6 heteroatoms. The Morgan fingerprint density at radius 3 is 2.45 bits per heavy atom. The van der Waals surface area contributed by atoms with Gasteiger partial charge in [0, 0.05) is 34.6 Å². The number of nitrogens with zero attached hydrogens (tertiary/aromatic N) is 1. The lowest BCUT2D eigenvalue weighted by Crippen LogP contribution is -2.15. The smallest absolute Gasteiger partial charge is 0.313 e. The summed E-state index contributed by atoms with van der Waals surface area (Å²) in [5.41, 5.74) is 3.65. The fraction of sp³-hybridized carbons (Fsp3) is 0.280. The van der Waals surface area contributed by atoms with E-state index in [0.717, 1.165) is 27.7 Å². The Morgan fingerprint density at radius 2 is 1.81 bits per heavy atom. The number of aliphatic hydroxyl groups is 1. The Morgan fingerprint density at radius 1 is 1.13 bits per heavy atom. The van der Waals surface area contributed by atoms with Crippen molar-refractivity contribution in [1.82, 2.24) is 4.57 Å². The largest absolute Gasteiger partial charge is 0.469 e. The first kappa shape index (κ1) is 22.4. The van der Waals surface area contributed by atoms with Gasteiger partial charge in [0.2, 0.25) is 0 Å². The van der Waals surface area contributed by atoms with Crippen LogP contribution in [0.1, 0.15) is 38.4 Å². The van der Waals surface area contributed by atoms with E-state index >= 15 is 0 Å². The molecule has 3 aromatic rings. The molecule has 0 aliphatic rings. The van der Waals surface area contributed by atoms with Crippen molar-refractivity contribution < 1.29 is 23.8 Å². The summed E-state index contributed by atoms with van der Waals surface area (Å²) in [4.78, 5) is 23.2. The minimum Gasteiger partial charge on any atom is -0.469 e. The molecule has 162 valence electrons. The van der Waals surface area contributed by atoms with Crippen LogP contribution in [-0.4, -0.2) is 34.6 Å². The number of para-hydroxylation sites is 1. The standard InChI is InChI=1S/C25H26FNO4/c1-16(2)27-22-7-5-4-6-21(22)25(17-8-10-18(26)11-9-17)23(27)13-12-19(28)14-20(29)15-24(30)31-3/h4-13,16,19,28H,14-15H2,1-3H3/b13-12+/t19-/m1/s1. The molecule has 0 amide bonds. The van der Waals surface area contributed by atoms with Crippen molar-refractivity contribution >= 4 is 28.7 Å². The molecule has 5 nitrogen and oxygen atoms in total. The van der Waals surface area contributed by atoms with Gasteiger partial charge in [-0.05, 0) is 43.7 Å². The molecule has 1 aromatic heterocycles. The second kappa shape index (κ2) is 9.71. The molecule has 0 unspecified atom stereocenters. The molecule has 1 atom stereocenters. The summed E-state index contributed by atoms with van der Waals surface area (Å²) in [7, 11) is 1.22. The molecule has 1 heterocycles. The Hall–Kier alpha value is -3.25. The average molecular weight is 423 g/mol. The van der Waals surface area contributed by atoms with Gasteiger partial charge in [-0.15, -0.1) is 0 Å². The molecule has 1 N–H and O–H groups in total. The quantitative estimate of drug-likeness (QED) is 0.412. The number of carbonyl (C=O) groups excluding carboxylic acids is 2. The predicted octanol–water partition coefficient (Wildman–Crippen LogP) is 4.92. The number of hydrogen-bond donors (Lipinski definition) is 1. The number of ether oxygens (including phenoxy) is 1. The van der Waals surface area contributed by atoms with Crippen molar-refractivity contribution in [2.45, 2.75) is 38.8 Å². The van der Waals surface area contributed by atoms with Gasteiger partial charge in [0.1, 0.15) is 18.0 Å². The fourth-order valence-electron chi connectivity index (χ4n) is 3.73. The second-order valence-corrected chi connectivity index (χ2v) is 7.67. The summed E-state index contributed by atoms with van der Waals surface area (Å²) in [5, 5.41) is 11.4. The molecule has 0 saturated heterocycles. The van der Waals surface area contributed by atoms with Crippen LogP contribution in [0.15, 0.2) is 54.6 Å². The molecular weight excluding hydrogens is 397 g/mol. The van der Waals surface area contributed by atoms with Crippen molar-refractivity contribution in [3.05, 3.63) is 66.1 Å². The Kier molecular flexibility index (Phi) is 7.02. The summed E-state index contributed by atoms with van der Waals surface area (Å²) >= 11 is 0. The maximum atomic E-state index is 13.5. The first-order chi connectivity index (χ1) is 14.8. The van der Waals surface area contributed by atoms with Gasteiger partial charge < -0.3 is 14.4 Å². The van der Waals surface area contributed by atoms with E-state index in [4.69, 9.17) is 0 Å². The van der Waals surface area contributed by atoms with E-state index < -0.39 is 17.9 Å². The van der Waals surface area contributed by atoms with Crippen LogP contribution in [0.25, 0.3) is 28.1 Å². The third-order valence-corrected chi connectivity index (χ3v) is 5.08. The van der Waals surface area contributed by atoms with Gasteiger partial charge in [-0.2, -0.15) is 0 Å². The number of fused-ring (bicyclic) bond motifs is 1. The first-order valence-electron chi connectivity index (χ1n) is 10.2. The lowest BCUT2D eigenvalue weighted by atomic mass is 10.0. The number of esters is 1. The van der Waals surface area contributed by atoms with E-state index in [2.05, 4.69) is 23.2 Å². The van der Waals surface area contributed by atoms with Crippen LogP contribution in [0.2, 0.25) is 0 Å². The van der Waals surface area contributed by atoms with Gasteiger partial charge in [-0.1, -0.05) is 36.4 Å². The fourth-order valence-corrected chi connectivity index (χ4v) is 3.73. The van der Waals surface area contributed by atoms with Crippen LogP contribution < -0.4 is 0 Å². The Bertz CT molecular complexity index is 1110. The Balaban J connectivity index is 2.04. The highest BCUT2D eigenvalue weighted by molar-refractivity contribution is 6.01. The maximum absolute atomic E-state index is 13.5. The third kappa shape index (κ3) is 5.09. The molecule has 2 aromatic carbocycles. The Labute approximate surface area is 180 Å². The van der Waals surface area contributed by atoms with Gasteiger partial charge in [-0.25, -0.2) is 4.39 Å². The number of ketones is 1. The van der Waals surface area contributed by atoms with Gasteiger partial charge in [-0.3, -0.25) is 9.59 Å². The first-order valence-corrected chi connectivity index (χ1v) is 10.2. The van der Waals surface area contributed by atoms with E-state index in [1.54, 1.807) is 24.3 Å². The molecule has 0 fully saturated rings. The van der Waals surface area contributed by atoms with Gasteiger partial charge in [0.05, 0.1) is 13.2 Å². The number of hydrogen-bond acceptors (Lipinski definition) is 4. The van der Waals surface area contributed by atoms with Crippen molar-refractivity contribution in [3.8, 4) is 11.1 Å². The topological polar surface area (TPSA) is 68.5 Å². The number of halogens is 1. The van der Waals surface area contributed by atoms with Crippen LogP contribution in [0, 0.1) is 5.82 Å². The summed E-state index contributed by atoms with van der Waals surface area (Å²) in [6, 6.07) is 14.4. The molecule has 0 saturated carbocycles. The van der Waals surface area contributed by atoms with E-state index in [0.29, 0.717) is 0 Å². The highest BCUT2D eigenvalue weighted by atomic mass is 19.1. The van der Waals surface area contributed by atoms with Crippen molar-refractivity contribution in [3.63, 3.8) is 0 Å². The van der Waals surface area contributed by atoms with Crippen molar-refractivity contribution in [1.29, 1.82) is 0 Å². The highest BCUT2D eigenvalue weighted by Gasteiger charge is 2.19. The normalized spacial score (nSPS) is 12.6. The van der Waals surface area contributed by atoms with Crippen LogP contribution in [0.5, 0.6) is 0 Å². The summed E-state index contributed by atoms with van der Waals surface area (Å²) < 4.78 is 20.2. The van der Waals surface area contributed by atoms with Gasteiger partial charge >= 0.3 is 5.97 Å². The van der Waals surface area contributed by atoms with Gasteiger partial charge in [0.15, 0.2) is 0 Å². The summed E-state index contributed by atoms with van der Waals surface area (Å²) in [6.45, 7) is 4.13. The number of benzene rings is 2. The minimum atomic E-state index is -1.04. The summed E-state index contributed by atoms with van der Waals surface area (Å²) in [6.07, 6.45) is 1.75. The highest BCUT2D eigenvalue weighted by Crippen LogP contribution is 2.38. The number of aromatic nitrogens is 1. The predicted molar refractivity (Wildman–Crippen MR) is 119 cm³/mol. The van der Waals surface area contributed by atoms with E-state index in [9.17, 15) is 19.1 Å². The SMILES string of the molecule is COC(=O)CC(=O)C[C@H](O)/C=C/c1c(-c2ccc(F)cc2)c2ccccc2n1C(C)C. The van der Waals surface area contributed by atoms with Crippen LogP contribution >= 0.6 is 0 Å². The molecule has 3 rings (SSSR count). The summed E-state index contributed by atoms with van der Waals surface area (Å²) in [5.74, 6) is -1.33. The number of methoxy groups -OCH3 is 1. The second-order valence-electron chi connectivity index (χ2n) is 7.67. The number of rotatable bonds is 8. The zero-order valence-electron chi connectivity index (χ0n) is 17.8. The number of aliphatic hydroxyl groups excluding tert-OH is 1. The zero-order valence-corrected chi connectivity index (χ0v) is 17.8. The molecule has 0 spiro atoms. The minimum absolute atomic E-state index is 0.122. The lowest BCUT2D eigenvalue weighted by Gasteiger charge is -2.14. The molecule has 31 heavy (non-hydrogen) atoms. The molecule has 0 aliphatic heterocycles. The van der Waals surface area contributed by atoms with Crippen molar-refractivity contribution in [2.24, 2.45) is 0 Å².